The molecule has 1 aliphatic carbocycles. The van der Waals surface area contributed by atoms with Gasteiger partial charge in [-0.1, -0.05) is 26.8 Å². The molecule has 1 fully saturated rings. The van der Waals surface area contributed by atoms with E-state index in [-0.39, 0.29) is 23.2 Å². The van der Waals surface area contributed by atoms with Crippen molar-refractivity contribution < 1.29 is 26.4 Å². The molecule has 0 aliphatic heterocycles. The first-order valence-corrected chi connectivity index (χ1v) is 13.1. The van der Waals surface area contributed by atoms with Crippen LogP contribution in [0.4, 0.5) is 18.9 Å². The van der Waals surface area contributed by atoms with Crippen molar-refractivity contribution in [2.45, 2.75) is 77.1 Å². The Morgan fingerprint density at radius 2 is 1.68 bits per heavy atom. The van der Waals surface area contributed by atoms with Gasteiger partial charge in [0.25, 0.3) is 5.91 Å². The van der Waals surface area contributed by atoms with Crippen molar-refractivity contribution >= 4 is 21.6 Å². The maximum Gasteiger partial charge on any atom is 0.416 e. The lowest BCUT2D eigenvalue weighted by Gasteiger charge is -2.34. The number of aromatic nitrogens is 1. The van der Waals surface area contributed by atoms with Crippen molar-refractivity contribution in [1.82, 2.24) is 9.29 Å². The molecule has 6 nitrogen and oxygen atoms in total. The smallest absolute Gasteiger partial charge is 0.345 e. The molecule has 0 unspecified atom stereocenters. The van der Waals surface area contributed by atoms with E-state index < -0.39 is 27.7 Å². The summed E-state index contributed by atoms with van der Waals surface area (Å²) in [6.07, 6.45) is -0.470. The minimum Gasteiger partial charge on any atom is -0.345 e. The molecule has 10 heteroatoms. The number of anilines is 1. The number of benzene rings is 1. The monoisotopic (exact) mass is 499 g/mol. The number of hydrogen-bond donors (Lipinski definition) is 2. The van der Waals surface area contributed by atoms with Crippen LogP contribution in [-0.4, -0.2) is 31.2 Å². The van der Waals surface area contributed by atoms with Crippen molar-refractivity contribution in [3.8, 4) is 0 Å². The predicted octanol–water partition coefficient (Wildman–Crippen LogP) is 5.40. The summed E-state index contributed by atoms with van der Waals surface area (Å²) >= 11 is 0. The number of halogens is 3. The van der Waals surface area contributed by atoms with Crippen molar-refractivity contribution in [2.75, 3.05) is 11.6 Å². The number of nitrogens with zero attached hydrogens (tertiary/aromatic N) is 1. The van der Waals surface area contributed by atoms with E-state index in [1.165, 1.54) is 12.1 Å². The summed E-state index contributed by atoms with van der Waals surface area (Å²) in [7, 11) is -3.27. The molecular weight excluding hydrogens is 467 g/mol. The third-order valence-electron chi connectivity index (χ3n) is 6.20. The zero-order valence-electron chi connectivity index (χ0n) is 20.1. The van der Waals surface area contributed by atoms with E-state index in [1.54, 1.807) is 0 Å². The zero-order valence-corrected chi connectivity index (χ0v) is 20.9. The highest BCUT2D eigenvalue weighted by molar-refractivity contribution is 7.88. The highest BCUT2D eigenvalue weighted by atomic mass is 32.2. The molecule has 2 aromatic rings. The molecule has 188 valence electrons. The van der Waals surface area contributed by atoms with Gasteiger partial charge in [0.2, 0.25) is 10.0 Å². The van der Waals surface area contributed by atoms with E-state index in [0.717, 1.165) is 42.6 Å². The molecule has 0 radical (unpaired) electrons. The molecule has 1 aromatic heterocycles. The Labute approximate surface area is 199 Å². The van der Waals surface area contributed by atoms with Crippen LogP contribution in [0.15, 0.2) is 30.3 Å². The Kier molecular flexibility index (Phi) is 7.24. The molecule has 1 saturated carbocycles. The maximum atomic E-state index is 13.1. The fourth-order valence-electron chi connectivity index (χ4n) is 4.63. The molecule has 34 heavy (non-hydrogen) atoms. The van der Waals surface area contributed by atoms with Gasteiger partial charge in [-0.3, -0.25) is 4.79 Å². The number of amides is 1. The van der Waals surface area contributed by atoms with E-state index in [4.69, 9.17) is 0 Å². The summed E-state index contributed by atoms with van der Waals surface area (Å²) < 4.78 is 67.1. The Morgan fingerprint density at radius 3 is 2.21 bits per heavy atom. The second kappa shape index (κ2) is 9.37. The fourth-order valence-corrected chi connectivity index (χ4v) is 5.47. The molecule has 0 bridgehead atoms. The first kappa shape index (κ1) is 26.3. The van der Waals surface area contributed by atoms with E-state index in [9.17, 15) is 26.4 Å². The predicted molar refractivity (Wildman–Crippen MR) is 127 cm³/mol. The van der Waals surface area contributed by atoms with Gasteiger partial charge in [0, 0.05) is 34.6 Å². The molecule has 1 aromatic carbocycles. The summed E-state index contributed by atoms with van der Waals surface area (Å²) in [6.45, 7) is 7.98. The number of carbonyl (C=O) groups is 1. The summed E-state index contributed by atoms with van der Waals surface area (Å²) in [4.78, 5) is 13.1. The minimum atomic E-state index is -4.50. The Balaban J connectivity index is 1.87. The van der Waals surface area contributed by atoms with E-state index >= 15 is 0 Å². The Bertz CT molecular complexity index is 1160. The minimum absolute atomic E-state index is 0.0802. The first-order valence-electron chi connectivity index (χ1n) is 11.2. The van der Waals surface area contributed by atoms with Crippen LogP contribution in [0.2, 0.25) is 0 Å². The standard InChI is InChI=1S/C24H32F3N3O3S/c1-15-20(22(31)28-18-8-6-7-16(13-18)24(25,26)27)14-21(23(2,3)4)30(15)19-11-9-17(10-12-19)29-34(5,32)33/h6-8,13-14,17,19,29H,9-12H2,1-5H3,(H,28,31)/t17-,19-. The Morgan fingerprint density at radius 1 is 1.06 bits per heavy atom. The van der Waals surface area contributed by atoms with Crippen molar-refractivity contribution in [2.24, 2.45) is 0 Å². The average molecular weight is 500 g/mol. The number of alkyl halides is 3. The van der Waals surface area contributed by atoms with E-state index in [1.807, 2.05) is 33.8 Å². The molecule has 0 saturated heterocycles. The number of carbonyl (C=O) groups excluding carboxylic acids is 1. The summed E-state index contributed by atoms with van der Waals surface area (Å²) in [5.74, 6) is -0.464. The van der Waals surface area contributed by atoms with Crippen LogP contribution in [0.25, 0.3) is 0 Å². The number of hydrogen-bond acceptors (Lipinski definition) is 3. The zero-order chi connectivity index (χ0) is 25.5. The largest absolute Gasteiger partial charge is 0.416 e. The Hall–Kier alpha value is -2.33. The van der Waals surface area contributed by atoms with Gasteiger partial charge in [-0.05, 0) is 56.9 Å². The van der Waals surface area contributed by atoms with Gasteiger partial charge in [-0.2, -0.15) is 13.2 Å². The topological polar surface area (TPSA) is 80.2 Å². The van der Waals surface area contributed by atoms with Crippen LogP contribution in [0, 0.1) is 6.92 Å². The quantitative estimate of drug-likeness (QED) is 0.578. The normalized spacial score (nSPS) is 19.8. The van der Waals surface area contributed by atoms with Gasteiger partial charge in [-0.15, -0.1) is 0 Å². The maximum absolute atomic E-state index is 13.1. The van der Waals surface area contributed by atoms with Crippen LogP contribution >= 0.6 is 0 Å². The van der Waals surface area contributed by atoms with Crippen molar-refractivity contribution in [3.05, 3.63) is 52.8 Å². The summed E-state index contributed by atoms with van der Waals surface area (Å²) in [5, 5.41) is 2.61. The summed E-state index contributed by atoms with van der Waals surface area (Å²) in [5.41, 5.74) is 1.10. The molecule has 0 spiro atoms. The van der Waals surface area contributed by atoms with Gasteiger partial charge in [0.15, 0.2) is 0 Å². The molecule has 1 heterocycles. The summed E-state index contributed by atoms with van der Waals surface area (Å²) in [6, 6.07) is 6.39. The second-order valence-corrected chi connectivity index (χ2v) is 11.9. The lowest BCUT2D eigenvalue weighted by Crippen LogP contribution is -2.37. The SMILES string of the molecule is Cc1c(C(=O)Nc2cccc(C(F)(F)F)c2)cc(C(C)(C)C)n1[C@H]1CC[C@H](NS(C)(=O)=O)CC1. The fraction of sp³-hybridized carbons (Fsp3) is 0.542. The molecular formula is C24H32F3N3O3S. The first-order chi connectivity index (χ1) is 15.6. The highest BCUT2D eigenvalue weighted by Gasteiger charge is 2.33. The van der Waals surface area contributed by atoms with E-state index in [2.05, 4.69) is 14.6 Å². The second-order valence-electron chi connectivity index (χ2n) is 10.1. The number of nitrogens with one attached hydrogen (secondary N) is 2. The van der Waals surface area contributed by atoms with Gasteiger partial charge in [0.05, 0.1) is 17.4 Å². The van der Waals surface area contributed by atoms with Crippen LogP contribution in [-0.2, 0) is 21.6 Å². The van der Waals surface area contributed by atoms with Crippen LogP contribution in [0.1, 0.15) is 79.8 Å². The molecule has 0 atom stereocenters. The van der Waals surface area contributed by atoms with Gasteiger partial charge < -0.3 is 9.88 Å². The van der Waals surface area contributed by atoms with Crippen molar-refractivity contribution in [1.29, 1.82) is 0 Å². The highest BCUT2D eigenvalue weighted by Crippen LogP contribution is 2.37. The molecule has 1 amide bonds. The van der Waals surface area contributed by atoms with Crippen molar-refractivity contribution in [3.63, 3.8) is 0 Å². The average Bonchev–Trinajstić information content (AvgIpc) is 3.05. The van der Waals surface area contributed by atoms with Crippen LogP contribution < -0.4 is 10.0 Å². The molecule has 3 rings (SSSR count). The van der Waals surface area contributed by atoms with Crippen LogP contribution in [0.5, 0.6) is 0 Å². The molecule has 2 N–H and O–H groups in total. The lowest BCUT2D eigenvalue weighted by molar-refractivity contribution is -0.137. The number of rotatable bonds is 5. The van der Waals surface area contributed by atoms with Crippen LogP contribution in [0.3, 0.4) is 0 Å². The molecule has 1 aliphatic rings. The van der Waals surface area contributed by atoms with Gasteiger partial charge in [-0.25, -0.2) is 13.1 Å². The van der Waals surface area contributed by atoms with Gasteiger partial charge >= 0.3 is 6.18 Å². The third-order valence-corrected chi connectivity index (χ3v) is 6.96. The lowest BCUT2D eigenvalue weighted by atomic mass is 9.88. The number of sulfonamides is 1. The third kappa shape index (κ3) is 6.21. The van der Waals surface area contributed by atoms with E-state index in [0.29, 0.717) is 18.4 Å². The van der Waals surface area contributed by atoms with Gasteiger partial charge in [0.1, 0.15) is 0 Å².